The summed E-state index contributed by atoms with van der Waals surface area (Å²) in [6, 6.07) is 6.57. The van der Waals surface area contributed by atoms with Gasteiger partial charge in [-0.05, 0) is 44.0 Å². The highest BCUT2D eigenvalue weighted by Crippen LogP contribution is 2.25. The molecule has 0 radical (unpaired) electrons. The van der Waals surface area contributed by atoms with Crippen LogP contribution in [-0.4, -0.2) is 36.7 Å². The van der Waals surface area contributed by atoms with Crippen molar-refractivity contribution in [3.63, 3.8) is 0 Å². The molecule has 1 N–H and O–H groups in total. The second-order valence-corrected chi connectivity index (χ2v) is 10.1. The van der Waals surface area contributed by atoms with Crippen molar-refractivity contribution in [3.8, 4) is 0 Å². The van der Waals surface area contributed by atoms with Crippen molar-refractivity contribution in [2.45, 2.75) is 31.2 Å². The molecule has 26 heavy (non-hydrogen) atoms. The summed E-state index contributed by atoms with van der Waals surface area (Å²) in [5.74, 6) is -0.455. The number of hydrogen-bond acceptors (Lipinski definition) is 5. The Morgan fingerprint density at radius 1 is 1.38 bits per heavy atom. The third-order valence-corrected chi connectivity index (χ3v) is 7.66. The number of aromatic nitrogens is 1. The number of thiazole rings is 1. The monoisotopic (exact) mass is 457 g/mol. The third-order valence-electron chi connectivity index (χ3n) is 4.29. The van der Waals surface area contributed by atoms with Gasteiger partial charge in [0.1, 0.15) is 5.01 Å². The molecule has 1 amide bonds. The zero-order valence-electron chi connectivity index (χ0n) is 14.3. The highest BCUT2D eigenvalue weighted by Gasteiger charge is 2.33. The maximum absolute atomic E-state index is 12.8. The zero-order valence-corrected chi connectivity index (χ0v) is 17.5. The van der Waals surface area contributed by atoms with Gasteiger partial charge in [0.05, 0.1) is 17.4 Å². The Morgan fingerprint density at radius 2 is 2.12 bits per heavy atom. The summed E-state index contributed by atoms with van der Waals surface area (Å²) >= 11 is 4.81. The number of sulfonamides is 1. The smallest absolute Gasteiger partial charge is 0.243 e. The van der Waals surface area contributed by atoms with Crippen molar-refractivity contribution in [2.75, 3.05) is 13.1 Å². The largest absolute Gasteiger partial charge is 0.349 e. The van der Waals surface area contributed by atoms with Gasteiger partial charge < -0.3 is 5.32 Å². The van der Waals surface area contributed by atoms with Crippen molar-refractivity contribution in [2.24, 2.45) is 5.92 Å². The van der Waals surface area contributed by atoms with Crippen LogP contribution in [0.4, 0.5) is 0 Å². The maximum Gasteiger partial charge on any atom is 0.243 e. The van der Waals surface area contributed by atoms with Gasteiger partial charge in [-0.2, -0.15) is 4.31 Å². The number of carbonyl (C=O) groups is 1. The molecule has 0 spiro atoms. The fourth-order valence-electron chi connectivity index (χ4n) is 2.92. The second kappa shape index (κ2) is 8.16. The number of nitrogens with zero attached hydrogens (tertiary/aromatic N) is 2. The first-order valence-electron chi connectivity index (χ1n) is 8.30. The first-order valence-corrected chi connectivity index (χ1v) is 11.4. The normalized spacial score (nSPS) is 18.6. The van der Waals surface area contributed by atoms with Crippen LogP contribution in [0, 0.1) is 12.8 Å². The van der Waals surface area contributed by atoms with Crippen molar-refractivity contribution in [1.82, 2.24) is 14.6 Å². The third kappa shape index (κ3) is 4.51. The number of carbonyl (C=O) groups excluding carboxylic acids is 1. The van der Waals surface area contributed by atoms with E-state index in [1.54, 1.807) is 24.3 Å². The molecule has 0 aliphatic carbocycles. The highest BCUT2D eigenvalue weighted by atomic mass is 79.9. The lowest BCUT2D eigenvalue weighted by molar-refractivity contribution is -0.126. The molecule has 0 bridgehead atoms. The minimum Gasteiger partial charge on any atom is -0.349 e. The van der Waals surface area contributed by atoms with E-state index in [9.17, 15) is 13.2 Å². The molecule has 1 aromatic carbocycles. The summed E-state index contributed by atoms with van der Waals surface area (Å²) < 4.78 is 27.9. The number of benzene rings is 1. The van der Waals surface area contributed by atoms with Crippen LogP contribution in [0.3, 0.4) is 0 Å². The van der Waals surface area contributed by atoms with Crippen LogP contribution in [0.2, 0.25) is 0 Å². The standard InChI is InChI=1S/C17H20BrN3O3S2/c1-12-11-25-16(20-12)9-19-17(22)13-3-2-8-21(10-13)26(23,24)15-6-4-14(18)5-7-15/h4-7,11,13H,2-3,8-10H2,1H3,(H,19,22). The molecule has 9 heteroatoms. The number of amides is 1. The molecule has 1 aromatic heterocycles. The Hall–Kier alpha value is -1.29. The molecule has 0 saturated carbocycles. The van der Waals surface area contributed by atoms with Crippen molar-refractivity contribution >= 4 is 43.2 Å². The summed E-state index contributed by atoms with van der Waals surface area (Å²) in [6.07, 6.45) is 1.36. The number of rotatable bonds is 5. The minimum atomic E-state index is -3.59. The van der Waals surface area contributed by atoms with Crippen molar-refractivity contribution in [3.05, 3.63) is 44.8 Å². The lowest BCUT2D eigenvalue weighted by Gasteiger charge is -2.31. The van der Waals surface area contributed by atoms with Gasteiger partial charge in [-0.25, -0.2) is 13.4 Å². The van der Waals surface area contributed by atoms with Crippen LogP contribution in [0.5, 0.6) is 0 Å². The van der Waals surface area contributed by atoms with Crippen LogP contribution >= 0.6 is 27.3 Å². The van der Waals surface area contributed by atoms with E-state index in [0.717, 1.165) is 15.2 Å². The summed E-state index contributed by atoms with van der Waals surface area (Å²) in [5, 5.41) is 5.67. The molecule has 1 aliphatic heterocycles. The lowest BCUT2D eigenvalue weighted by atomic mass is 9.99. The van der Waals surface area contributed by atoms with Crippen LogP contribution in [0.25, 0.3) is 0 Å². The minimum absolute atomic E-state index is 0.117. The van der Waals surface area contributed by atoms with E-state index in [-0.39, 0.29) is 23.3 Å². The molecular formula is C17H20BrN3O3S2. The van der Waals surface area contributed by atoms with Crippen LogP contribution in [0.15, 0.2) is 39.0 Å². The second-order valence-electron chi connectivity index (χ2n) is 6.26. The summed E-state index contributed by atoms with van der Waals surface area (Å²) in [6.45, 7) is 2.94. The fraction of sp³-hybridized carbons (Fsp3) is 0.412. The molecule has 2 aromatic rings. The van der Waals surface area contributed by atoms with Gasteiger partial charge in [0, 0.05) is 28.6 Å². The Labute approximate surface area is 165 Å². The van der Waals surface area contributed by atoms with Gasteiger partial charge in [0.25, 0.3) is 0 Å². The molecule has 3 rings (SSSR count). The topological polar surface area (TPSA) is 79.4 Å². The molecule has 6 nitrogen and oxygen atoms in total. The molecule has 1 atom stereocenters. The first kappa shape index (κ1) is 19.5. The Kier molecular flexibility index (Phi) is 6.11. The zero-order chi connectivity index (χ0) is 18.7. The molecule has 1 saturated heterocycles. The average Bonchev–Trinajstić information content (AvgIpc) is 3.05. The number of aryl methyl sites for hydroxylation is 1. The van der Waals surface area contributed by atoms with E-state index in [1.165, 1.54) is 15.6 Å². The molecule has 1 fully saturated rings. The number of nitrogens with one attached hydrogen (secondary N) is 1. The summed E-state index contributed by atoms with van der Waals surface area (Å²) in [7, 11) is -3.59. The maximum atomic E-state index is 12.8. The predicted molar refractivity (Wildman–Crippen MR) is 104 cm³/mol. The summed E-state index contributed by atoms with van der Waals surface area (Å²) in [4.78, 5) is 17.0. The fourth-order valence-corrected chi connectivity index (χ4v) is 5.42. The average molecular weight is 458 g/mol. The summed E-state index contributed by atoms with van der Waals surface area (Å²) in [5.41, 5.74) is 0.934. The van der Waals surface area contributed by atoms with Gasteiger partial charge >= 0.3 is 0 Å². The number of hydrogen-bond donors (Lipinski definition) is 1. The van der Waals surface area contributed by atoms with E-state index in [4.69, 9.17) is 0 Å². The molecular weight excluding hydrogens is 438 g/mol. The van der Waals surface area contributed by atoms with Crippen LogP contribution < -0.4 is 5.32 Å². The molecule has 140 valence electrons. The van der Waals surface area contributed by atoms with Gasteiger partial charge in [0.2, 0.25) is 15.9 Å². The quantitative estimate of drug-likeness (QED) is 0.748. The van der Waals surface area contributed by atoms with Gasteiger partial charge in [-0.15, -0.1) is 11.3 Å². The van der Waals surface area contributed by atoms with Crippen molar-refractivity contribution < 1.29 is 13.2 Å². The molecule has 1 aliphatic rings. The molecule has 2 heterocycles. The van der Waals surface area contributed by atoms with E-state index in [1.807, 2.05) is 12.3 Å². The Balaban J connectivity index is 1.64. The van der Waals surface area contributed by atoms with Crippen molar-refractivity contribution in [1.29, 1.82) is 0 Å². The highest BCUT2D eigenvalue weighted by molar-refractivity contribution is 9.10. The van der Waals surface area contributed by atoms with Gasteiger partial charge in [0.15, 0.2) is 0 Å². The molecule has 1 unspecified atom stereocenters. The first-order chi connectivity index (χ1) is 12.4. The van der Waals surface area contributed by atoms with Crippen LogP contribution in [-0.2, 0) is 21.4 Å². The number of halogens is 1. The number of piperidine rings is 1. The van der Waals surface area contributed by atoms with Gasteiger partial charge in [-0.3, -0.25) is 4.79 Å². The van der Waals surface area contributed by atoms with E-state index in [0.29, 0.717) is 25.9 Å². The van der Waals surface area contributed by atoms with E-state index < -0.39 is 10.0 Å². The van der Waals surface area contributed by atoms with E-state index in [2.05, 4.69) is 26.2 Å². The Bertz CT molecular complexity index is 881. The van der Waals surface area contributed by atoms with Gasteiger partial charge in [-0.1, -0.05) is 15.9 Å². The van der Waals surface area contributed by atoms with E-state index >= 15 is 0 Å². The predicted octanol–water partition coefficient (Wildman–Crippen LogP) is 2.93. The lowest BCUT2D eigenvalue weighted by Crippen LogP contribution is -2.45. The SMILES string of the molecule is Cc1csc(CNC(=O)C2CCCN(S(=O)(=O)c3ccc(Br)cc3)C2)n1. The Morgan fingerprint density at radius 3 is 2.77 bits per heavy atom. The van der Waals surface area contributed by atoms with Crippen LogP contribution in [0.1, 0.15) is 23.5 Å².